The van der Waals surface area contributed by atoms with Crippen molar-refractivity contribution in [2.24, 2.45) is 4.99 Å². The average Bonchev–Trinajstić information content (AvgIpc) is 2.47. The van der Waals surface area contributed by atoms with Crippen molar-refractivity contribution in [3.8, 4) is 11.6 Å². The number of aliphatic hydroxyl groups excluding tert-OH is 1. The van der Waals surface area contributed by atoms with Crippen LogP contribution in [0.4, 0.5) is 5.69 Å². The van der Waals surface area contributed by atoms with Gasteiger partial charge < -0.3 is 14.7 Å². The van der Waals surface area contributed by atoms with Crippen molar-refractivity contribution in [1.82, 2.24) is 9.88 Å². The van der Waals surface area contributed by atoms with E-state index in [-0.39, 0.29) is 0 Å². The molecule has 2 rings (SSSR count). The van der Waals surface area contributed by atoms with Crippen LogP contribution in [0.1, 0.15) is 18.6 Å². The van der Waals surface area contributed by atoms with Crippen molar-refractivity contribution in [1.29, 1.82) is 0 Å². The smallest absolute Gasteiger partial charge is 0.219 e. The van der Waals surface area contributed by atoms with E-state index in [1.54, 1.807) is 25.5 Å². The lowest BCUT2D eigenvalue weighted by Gasteiger charge is -2.07. The molecule has 0 aliphatic heterocycles. The van der Waals surface area contributed by atoms with Gasteiger partial charge in [-0.2, -0.15) is 0 Å². The summed E-state index contributed by atoms with van der Waals surface area (Å²) in [4.78, 5) is 10.3. The van der Waals surface area contributed by atoms with Crippen molar-refractivity contribution >= 4 is 12.0 Å². The zero-order valence-corrected chi connectivity index (χ0v) is 12.4. The maximum Gasteiger partial charge on any atom is 0.219 e. The normalized spacial score (nSPS) is 12.4. The summed E-state index contributed by atoms with van der Waals surface area (Å²) in [5.41, 5.74) is 1.61. The predicted octanol–water partition coefficient (Wildman–Crippen LogP) is 3.15. The van der Waals surface area contributed by atoms with Crippen LogP contribution in [0.5, 0.6) is 11.6 Å². The van der Waals surface area contributed by atoms with Crippen LogP contribution in [0, 0.1) is 0 Å². The molecule has 1 aromatic carbocycles. The number of hydrogen-bond acceptors (Lipinski definition) is 4. The molecule has 5 nitrogen and oxygen atoms in total. The fraction of sp³-hybridized carbons (Fsp3) is 0.250. The Labute approximate surface area is 124 Å². The van der Waals surface area contributed by atoms with E-state index in [9.17, 15) is 5.11 Å². The Balaban J connectivity index is 2.03. The maximum absolute atomic E-state index is 9.45. The number of aromatic nitrogens is 1. The number of rotatable bonds is 5. The van der Waals surface area contributed by atoms with Crippen molar-refractivity contribution in [2.45, 2.75) is 13.0 Å². The molecule has 21 heavy (non-hydrogen) atoms. The van der Waals surface area contributed by atoms with Gasteiger partial charge in [-0.05, 0) is 30.7 Å². The molecule has 1 N–H and O–H groups in total. The minimum Gasteiger partial charge on any atom is -0.439 e. The second-order valence-corrected chi connectivity index (χ2v) is 4.91. The largest absolute Gasteiger partial charge is 0.439 e. The van der Waals surface area contributed by atoms with Crippen LogP contribution in [-0.2, 0) is 0 Å². The Kier molecular flexibility index (Phi) is 4.90. The summed E-state index contributed by atoms with van der Waals surface area (Å²) in [7, 11) is 3.82. The van der Waals surface area contributed by atoms with Gasteiger partial charge in [-0.25, -0.2) is 9.98 Å². The van der Waals surface area contributed by atoms with Crippen molar-refractivity contribution in [3.63, 3.8) is 0 Å². The van der Waals surface area contributed by atoms with Crippen LogP contribution in [-0.4, -0.2) is 35.4 Å². The average molecular weight is 285 g/mol. The van der Waals surface area contributed by atoms with Gasteiger partial charge in [0.1, 0.15) is 5.75 Å². The molecule has 1 unspecified atom stereocenters. The lowest BCUT2D eigenvalue weighted by atomic mass is 10.1. The summed E-state index contributed by atoms with van der Waals surface area (Å²) in [6.45, 7) is 1.73. The SMILES string of the molecule is CC(O)c1ccc(Oc2ccc(N=CN(C)C)cn2)cc1. The lowest BCUT2D eigenvalue weighted by molar-refractivity contribution is 0.199. The van der Waals surface area contributed by atoms with Crippen LogP contribution >= 0.6 is 0 Å². The summed E-state index contributed by atoms with van der Waals surface area (Å²) >= 11 is 0. The first kappa shape index (κ1) is 15.0. The highest BCUT2D eigenvalue weighted by atomic mass is 16.5. The molecular weight excluding hydrogens is 266 g/mol. The molecule has 0 spiro atoms. The third-order valence-corrected chi connectivity index (χ3v) is 2.74. The van der Waals surface area contributed by atoms with E-state index in [2.05, 4.69) is 9.98 Å². The molecule has 0 amide bonds. The van der Waals surface area contributed by atoms with Gasteiger partial charge in [-0.3, -0.25) is 0 Å². The monoisotopic (exact) mass is 285 g/mol. The first-order chi connectivity index (χ1) is 10.0. The fourth-order valence-corrected chi connectivity index (χ4v) is 1.63. The summed E-state index contributed by atoms with van der Waals surface area (Å²) in [5, 5.41) is 9.45. The summed E-state index contributed by atoms with van der Waals surface area (Å²) in [6, 6.07) is 10.9. The first-order valence-corrected chi connectivity index (χ1v) is 6.67. The molecule has 5 heteroatoms. The summed E-state index contributed by atoms with van der Waals surface area (Å²) < 4.78 is 5.64. The van der Waals surface area contributed by atoms with E-state index >= 15 is 0 Å². The number of pyridine rings is 1. The maximum atomic E-state index is 9.45. The Morgan fingerprint density at radius 1 is 1.19 bits per heavy atom. The standard InChI is InChI=1S/C16H19N3O2/c1-12(20)13-4-7-15(8-5-13)21-16-9-6-14(10-17-16)18-11-19(2)3/h4-12,20H,1-3H3. The highest BCUT2D eigenvalue weighted by molar-refractivity contribution is 5.60. The minimum absolute atomic E-state index is 0.481. The molecule has 1 aromatic heterocycles. The van der Waals surface area contributed by atoms with Crippen LogP contribution in [0.25, 0.3) is 0 Å². The molecular formula is C16H19N3O2. The molecule has 1 atom stereocenters. The summed E-state index contributed by atoms with van der Waals surface area (Å²) in [5.74, 6) is 1.18. The second-order valence-electron chi connectivity index (χ2n) is 4.91. The van der Waals surface area contributed by atoms with Crippen LogP contribution in [0.15, 0.2) is 47.6 Å². The number of benzene rings is 1. The van der Waals surface area contributed by atoms with E-state index in [1.165, 1.54) is 0 Å². The molecule has 1 heterocycles. The second kappa shape index (κ2) is 6.85. The van der Waals surface area contributed by atoms with Crippen LogP contribution < -0.4 is 4.74 Å². The number of aliphatic hydroxyl groups is 1. The Morgan fingerprint density at radius 3 is 2.43 bits per heavy atom. The van der Waals surface area contributed by atoms with E-state index < -0.39 is 6.10 Å². The van der Waals surface area contributed by atoms with Gasteiger partial charge >= 0.3 is 0 Å². The van der Waals surface area contributed by atoms with Crippen molar-refractivity contribution in [2.75, 3.05) is 14.1 Å². The quantitative estimate of drug-likeness (QED) is 0.677. The van der Waals surface area contributed by atoms with Crippen LogP contribution in [0.2, 0.25) is 0 Å². The van der Waals surface area contributed by atoms with Gasteiger partial charge in [0, 0.05) is 20.2 Å². The van der Waals surface area contributed by atoms with Crippen molar-refractivity contribution in [3.05, 3.63) is 48.2 Å². The van der Waals surface area contributed by atoms with Gasteiger partial charge in [0.05, 0.1) is 24.3 Å². The molecule has 0 bridgehead atoms. The number of aliphatic imine (C=N–C) groups is 1. The Bertz CT molecular complexity index is 590. The zero-order valence-electron chi connectivity index (χ0n) is 12.4. The highest BCUT2D eigenvalue weighted by Gasteiger charge is 2.02. The molecule has 0 saturated heterocycles. The molecule has 0 fully saturated rings. The van der Waals surface area contributed by atoms with Gasteiger partial charge in [0.15, 0.2) is 0 Å². The third kappa shape index (κ3) is 4.57. The molecule has 0 aliphatic rings. The van der Waals surface area contributed by atoms with Crippen LogP contribution in [0.3, 0.4) is 0 Å². The molecule has 0 radical (unpaired) electrons. The zero-order chi connectivity index (χ0) is 15.2. The summed E-state index contributed by atoms with van der Waals surface area (Å²) in [6.07, 6.45) is 2.89. The lowest BCUT2D eigenvalue weighted by Crippen LogP contribution is -2.06. The molecule has 0 saturated carbocycles. The van der Waals surface area contributed by atoms with Gasteiger partial charge in [-0.1, -0.05) is 12.1 Å². The number of hydrogen-bond donors (Lipinski definition) is 1. The third-order valence-electron chi connectivity index (χ3n) is 2.74. The minimum atomic E-state index is -0.481. The van der Waals surface area contributed by atoms with E-state index in [0.717, 1.165) is 11.3 Å². The molecule has 110 valence electrons. The van der Waals surface area contributed by atoms with Crippen molar-refractivity contribution < 1.29 is 9.84 Å². The van der Waals surface area contributed by atoms with E-state index in [4.69, 9.17) is 4.74 Å². The number of ether oxygens (including phenoxy) is 1. The van der Waals surface area contributed by atoms with Gasteiger partial charge in [0.25, 0.3) is 0 Å². The fourth-order valence-electron chi connectivity index (χ4n) is 1.63. The predicted molar refractivity (Wildman–Crippen MR) is 83.2 cm³/mol. The Hall–Kier alpha value is -2.40. The highest BCUT2D eigenvalue weighted by Crippen LogP contribution is 2.23. The Morgan fingerprint density at radius 2 is 1.90 bits per heavy atom. The van der Waals surface area contributed by atoms with Gasteiger partial charge in [0.2, 0.25) is 5.88 Å². The van der Waals surface area contributed by atoms with E-state index in [1.807, 2.05) is 49.3 Å². The van der Waals surface area contributed by atoms with Gasteiger partial charge in [-0.15, -0.1) is 0 Å². The van der Waals surface area contributed by atoms with E-state index in [0.29, 0.717) is 11.6 Å². The number of nitrogens with zero attached hydrogens (tertiary/aromatic N) is 3. The topological polar surface area (TPSA) is 58.0 Å². The first-order valence-electron chi connectivity index (χ1n) is 6.67. The molecule has 2 aromatic rings. The molecule has 0 aliphatic carbocycles.